The maximum Gasteiger partial charge on any atom is 0.267 e. The lowest BCUT2D eigenvalue weighted by atomic mass is 10.1. The van der Waals surface area contributed by atoms with Crippen molar-refractivity contribution < 1.29 is 19.2 Å². The van der Waals surface area contributed by atoms with Crippen LogP contribution >= 0.6 is 0 Å². The fourth-order valence-corrected chi connectivity index (χ4v) is 4.62. The van der Waals surface area contributed by atoms with Crippen LogP contribution in [0, 0.1) is 0 Å². The van der Waals surface area contributed by atoms with Crippen LogP contribution in [0.25, 0.3) is 0 Å². The Bertz CT molecular complexity index is 1740. The largest absolute Gasteiger partial charge is 0.366 e. The van der Waals surface area contributed by atoms with Gasteiger partial charge in [0.25, 0.3) is 11.8 Å². The lowest BCUT2D eigenvalue weighted by molar-refractivity contribution is 0.0987. The molecule has 8 N–H and O–H groups in total. The van der Waals surface area contributed by atoms with Gasteiger partial charge in [0.1, 0.15) is 17.2 Å². The van der Waals surface area contributed by atoms with Gasteiger partial charge in [0.2, 0.25) is 11.8 Å². The summed E-state index contributed by atoms with van der Waals surface area (Å²) in [5.41, 5.74) is 24.5. The van der Waals surface area contributed by atoms with Crippen LogP contribution in [0.1, 0.15) is 41.7 Å². The molecule has 0 aliphatic carbocycles. The molecule has 3 heterocycles. The summed E-state index contributed by atoms with van der Waals surface area (Å²) in [7, 11) is 0. The molecule has 1 aliphatic heterocycles. The van der Waals surface area contributed by atoms with Crippen molar-refractivity contribution >= 4 is 46.6 Å². The number of nitrogens with two attached hydrogens (primary N) is 4. The van der Waals surface area contributed by atoms with E-state index >= 15 is 0 Å². The number of allylic oxidation sites excluding steroid dienone is 2. The smallest absolute Gasteiger partial charge is 0.267 e. The summed E-state index contributed by atoms with van der Waals surface area (Å²) in [6.07, 6.45) is 5.37. The molecule has 0 radical (unpaired) electrons. The maximum atomic E-state index is 12.1. The van der Waals surface area contributed by atoms with Crippen molar-refractivity contribution in [3.8, 4) is 0 Å². The van der Waals surface area contributed by atoms with Gasteiger partial charge in [0.15, 0.2) is 5.82 Å². The predicted octanol–water partition coefficient (Wildman–Crippen LogP) is 2.48. The van der Waals surface area contributed by atoms with Crippen LogP contribution in [-0.2, 0) is 0 Å². The number of amides is 4. The fraction of sp³-hybridized carbons (Fsp3) is 0.0323. The van der Waals surface area contributed by atoms with Crippen LogP contribution in [0.15, 0.2) is 109 Å². The molecule has 4 amide bonds. The average Bonchev–Trinajstić information content (AvgIpc) is 3.02. The van der Waals surface area contributed by atoms with Gasteiger partial charge in [-0.3, -0.25) is 29.1 Å². The molecule has 4 aromatic rings. The number of hydrogen-bond acceptors (Lipinski definition) is 9. The van der Waals surface area contributed by atoms with Gasteiger partial charge in [-0.15, -0.1) is 0 Å². The van der Waals surface area contributed by atoms with Gasteiger partial charge in [-0.25, -0.2) is 15.0 Å². The normalized spacial score (nSPS) is 12.3. The van der Waals surface area contributed by atoms with Crippen molar-refractivity contribution in [3.05, 3.63) is 131 Å². The Hall–Kier alpha value is -6.50. The topological polar surface area (TPSA) is 208 Å². The van der Waals surface area contributed by atoms with Gasteiger partial charge in [0, 0.05) is 28.7 Å². The molecule has 0 saturated heterocycles. The van der Waals surface area contributed by atoms with Crippen molar-refractivity contribution in [1.82, 2.24) is 15.0 Å². The van der Waals surface area contributed by atoms with Crippen molar-refractivity contribution in [2.24, 2.45) is 22.9 Å². The van der Waals surface area contributed by atoms with E-state index in [-0.39, 0.29) is 29.1 Å². The number of hydrazine groups is 1. The molecule has 0 fully saturated rings. The summed E-state index contributed by atoms with van der Waals surface area (Å²) in [6, 6.07) is 22.9. The first-order valence-corrected chi connectivity index (χ1v) is 13.2. The van der Waals surface area contributed by atoms with Crippen LogP contribution in [-0.4, -0.2) is 45.2 Å². The summed E-state index contributed by atoms with van der Waals surface area (Å²) in [5, 5.41) is 3.47. The van der Waals surface area contributed by atoms with Gasteiger partial charge < -0.3 is 22.9 Å². The summed E-state index contributed by atoms with van der Waals surface area (Å²) in [4.78, 5) is 58.8. The van der Waals surface area contributed by atoms with E-state index in [2.05, 4.69) is 9.97 Å². The number of hydrogen-bond donors (Lipinski definition) is 4. The van der Waals surface area contributed by atoms with Gasteiger partial charge in [-0.1, -0.05) is 24.3 Å². The van der Waals surface area contributed by atoms with E-state index < -0.39 is 23.6 Å². The molecule has 5 rings (SSSR count). The van der Waals surface area contributed by atoms with Crippen molar-refractivity contribution in [3.63, 3.8) is 0 Å². The quantitative estimate of drug-likeness (QED) is 0.214. The SMILES string of the molecule is NC(=O)c1cccc(N(C2=CC=CN(N(c3cccc(C(N)=O)c3)c3cccc(C(N)=O)n3)C2)c2cccc(C(N)=O)n2)c1. The van der Waals surface area contributed by atoms with Crippen molar-refractivity contribution in [1.29, 1.82) is 0 Å². The minimum Gasteiger partial charge on any atom is -0.366 e. The number of anilines is 4. The second kappa shape index (κ2) is 12.2. The molecule has 0 bridgehead atoms. The number of aromatic nitrogens is 2. The zero-order valence-electron chi connectivity index (χ0n) is 23.2. The molecule has 0 saturated carbocycles. The van der Waals surface area contributed by atoms with Crippen LogP contribution < -0.4 is 32.8 Å². The van der Waals surface area contributed by atoms with Crippen molar-refractivity contribution in [2.75, 3.05) is 16.5 Å². The Morgan fingerprint density at radius 3 is 1.75 bits per heavy atom. The van der Waals surface area contributed by atoms with E-state index in [1.807, 2.05) is 6.08 Å². The number of pyridine rings is 2. The first kappa shape index (κ1) is 29.0. The molecule has 13 nitrogen and oxygen atoms in total. The van der Waals surface area contributed by atoms with E-state index in [4.69, 9.17) is 22.9 Å². The molecule has 0 spiro atoms. The van der Waals surface area contributed by atoms with Gasteiger partial charge in [-0.2, -0.15) is 0 Å². The molecule has 0 unspecified atom stereocenters. The standard InChI is InChI=1S/C31H27N9O4/c32-28(41)19-6-1-8-21(16-19)39(26-13-3-11-24(36-26)30(34)43)23-10-5-15-38(18-23)40(22-9-2-7-20(17-22)29(33)42)27-14-4-12-25(37-27)31(35)44/h1-17H,18H2,(H2,32,41)(H2,33,42)(H2,34,43)(H2,35,44). The lowest BCUT2D eigenvalue weighted by Crippen LogP contribution is -2.41. The molecular weight excluding hydrogens is 562 g/mol. The summed E-state index contributed by atoms with van der Waals surface area (Å²) in [5.74, 6) is -2.00. The number of nitrogens with zero attached hydrogens (tertiary/aromatic N) is 5. The van der Waals surface area contributed by atoms with Crippen LogP contribution in [0.5, 0.6) is 0 Å². The second-order valence-corrected chi connectivity index (χ2v) is 9.56. The van der Waals surface area contributed by atoms with E-state index in [1.165, 1.54) is 12.1 Å². The number of carbonyl (C=O) groups excluding carboxylic acids is 4. The lowest BCUT2D eigenvalue weighted by Gasteiger charge is -2.39. The number of benzene rings is 2. The van der Waals surface area contributed by atoms with E-state index in [9.17, 15) is 19.2 Å². The maximum absolute atomic E-state index is 12.1. The van der Waals surface area contributed by atoms with E-state index in [0.717, 1.165) is 0 Å². The Balaban J connectivity index is 1.63. The van der Waals surface area contributed by atoms with E-state index in [1.54, 1.807) is 100.0 Å². The predicted molar refractivity (Wildman–Crippen MR) is 164 cm³/mol. The molecule has 0 atom stereocenters. The highest BCUT2D eigenvalue weighted by molar-refractivity contribution is 5.95. The van der Waals surface area contributed by atoms with Gasteiger partial charge >= 0.3 is 0 Å². The third-order valence-corrected chi connectivity index (χ3v) is 6.60. The highest BCUT2D eigenvalue weighted by atomic mass is 16.2. The number of primary amides is 4. The highest BCUT2D eigenvalue weighted by Gasteiger charge is 2.26. The van der Waals surface area contributed by atoms with Gasteiger partial charge in [-0.05, 0) is 72.8 Å². The zero-order chi connectivity index (χ0) is 31.4. The fourth-order valence-electron chi connectivity index (χ4n) is 4.62. The zero-order valence-corrected chi connectivity index (χ0v) is 23.2. The van der Waals surface area contributed by atoms with Crippen molar-refractivity contribution in [2.45, 2.75) is 0 Å². The third kappa shape index (κ3) is 6.06. The average molecular weight is 590 g/mol. The minimum atomic E-state index is -0.714. The second-order valence-electron chi connectivity index (χ2n) is 9.56. The molecule has 220 valence electrons. The minimum absolute atomic E-state index is 0.0349. The highest BCUT2D eigenvalue weighted by Crippen LogP contribution is 2.34. The van der Waals surface area contributed by atoms with Crippen LogP contribution in [0.4, 0.5) is 23.0 Å². The Morgan fingerprint density at radius 2 is 1.16 bits per heavy atom. The monoisotopic (exact) mass is 589 g/mol. The van der Waals surface area contributed by atoms with Crippen LogP contribution in [0.3, 0.4) is 0 Å². The number of carbonyl (C=O) groups is 4. The first-order valence-electron chi connectivity index (χ1n) is 13.2. The summed E-state index contributed by atoms with van der Waals surface area (Å²) in [6.45, 7) is 0.170. The van der Waals surface area contributed by atoms with E-state index in [0.29, 0.717) is 28.7 Å². The first-order chi connectivity index (χ1) is 21.1. The molecule has 13 heteroatoms. The molecule has 1 aliphatic rings. The molecular formula is C31H27N9O4. The van der Waals surface area contributed by atoms with Crippen LogP contribution in [0.2, 0.25) is 0 Å². The number of rotatable bonds is 10. The summed E-state index contributed by atoms with van der Waals surface area (Å²) < 4.78 is 0. The third-order valence-electron chi connectivity index (χ3n) is 6.60. The molecule has 2 aromatic heterocycles. The molecule has 44 heavy (non-hydrogen) atoms. The summed E-state index contributed by atoms with van der Waals surface area (Å²) >= 11 is 0. The Kier molecular flexibility index (Phi) is 8.02. The Morgan fingerprint density at radius 1 is 0.636 bits per heavy atom. The van der Waals surface area contributed by atoms with Gasteiger partial charge in [0.05, 0.1) is 12.2 Å². The molecule has 2 aromatic carbocycles. The Labute approximate surface area is 251 Å².